The van der Waals surface area contributed by atoms with Crippen molar-refractivity contribution in [2.45, 2.75) is 108 Å². The number of rotatable bonds is 6. The predicted octanol–water partition coefficient (Wildman–Crippen LogP) is 2.46. The van der Waals surface area contributed by atoms with Gasteiger partial charge in [-0.2, -0.15) is 0 Å². The van der Waals surface area contributed by atoms with Gasteiger partial charge in [-0.25, -0.2) is 0 Å². The number of carbonyl (C=O) groups is 1. The summed E-state index contributed by atoms with van der Waals surface area (Å²) >= 11 is 0. The Labute approximate surface area is 174 Å². The fourth-order valence-corrected chi connectivity index (χ4v) is 4.30. The van der Waals surface area contributed by atoms with Gasteiger partial charge in [0.2, 0.25) is 0 Å². The van der Waals surface area contributed by atoms with E-state index in [-0.39, 0.29) is 37.9 Å². The van der Waals surface area contributed by atoms with Gasteiger partial charge in [-0.05, 0) is 40.0 Å². The lowest BCUT2D eigenvalue weighted by Crippen LogP contribution is -2.58. The van der Waals surface area contributed by atoms with Gasteiger partial charge in [0.05, 0.1) is 30.3 Å². The van der Waals surface area contributed by atoms with E-state index in [0.717, 1.165) is 5.57 Å². The molecule has 0 saturated carbocycles. The zero-order valence-corrected chi connectivity index (χ0v) is 18.4. The van der Waals surface area contributed by atoms with Gasteiger partial charge < -0.3 is 29.5 Å². The molecule has 0 aromatic rings. The van der Waals surface area contributed by atoms with Crippen molar-refractivity contribution in [1.82, 2.24) is 0 Å². The summed E-state index contributed by atoms with van der Waals surface area (Å²) in [5.74, 6) is -1.63. The van der Waals surface area contributed by atoms with Crippen LogP contribution in [0, 0.1) is 5.92 Å². The third-order valence-corrected chi connectivity index (χ3v) is 5.44. The predicted molar refractivity (Wildman–Crippen MR) is 108 cm³/mol. The minimum Gasteiger partial charge on any atom is -0.460 e. The van der Waals surface area contributed by atoms with E-state index < -0.39 is 35.2 Å². The summed E-state index contributed by atoms with van der Waals surface area (Å²) in [5.41, 5.74) is -0.798. The van der Waals surface area contributed by atoms with Gasteiger partial charge in [-0.1, -0.05) is 19.1 Å². The Balaban J connectivity index is 2.11. The van der Waals surface area contributed by atoms with Crippen LogP contribution in [0.5, 0.6) is 0 Å². The fraction of sp³-hybridized carbons (Fsp3) is 0.864. The van der Waals surface area contributed by atoms with Crippen LogP contribution in [0.4, 0.5) is 0 Å². The maximum absolute atomic E-state index is 12.2. The molecule has 0 amide bonds. The van der Waals surface area contributed by atoms with E-state index in [0.29, 0.717) is 19.3 Å². The van der Waals surface area contributed by atoms with Crippen LogP contribution in [0.15, 0.2) is 12.2 Å². The topological polar surface area (TPSA) is 105 Å². The third kappa shape index (κ3) is 7.33. The fourth-order valence-electron chi connectivity index (χ4n) is 4.30. The average Bonchev–Trinajstić information content (AvgIpc) is 2.48. The Morgan fingerprint density at radius 3 is 2.45 bits per heavy atom. The van der Waals surface area contributed by atoms with E-state index >= 15 is 0 Å². The summed E-state index contributed by atoms with van der Waals surface area (Å²) in [6.07, 6.45) is 0.0391. The molecule has 2 fully saturated rings. The molecule has 0 aliphatic carbocycles. The zero-order chi connectivity index (χ0) is 22.0. The standard InChI is InChI=1S/C22H38O7/c1-14(15(2)12-23)7-18-11-21(6,26)13-22(28-18)10-16(24)8-17(27-22)9-19(25)29-20(3,4)5/h15-18,23-24,26H,1,7-13H2,2-6H3/t15-,16-,17+,18-,21-,22+/m0/s1. The van der Waals surface area contributed by atoms with Crippen molar-refractivity contribution in [3.63, 3.8) is 0 Å². The van der Waals surface area contributed by atoms with Crippen LogP contribution < -0.4 is 0 Å². The van der Waals surface area contributed by atoms with Crippen LogP contribution in [0.25, 0.3) is 0 Å². The van der Waals surface area contributed by atoms with E-state index in [2.05, 4.69) is 6.58 Å². The molecule has 0 unspecified atom stereocenters. The second-order valence-corrected chi connectivity index (χ2v) is 10.1. The smallest absolute Gasteiger partial charge is 0.308 e. The van der Waals surface area contributed by atoms with Crippen molar-refractivity contribution in [1.29, 1.82) is 0 Å². The summed E-state index contributed by atoms with van der Waals surface area (Å²) in [6, 6.07) is 0. The molecule has 7 heteroatoms. The van der Waals surface area contributed by atoms with Gasteiger partial charge in [0.25, 0.3) is 0 Å². The molecular formula is C22H38O7. The van der Waals surface area contributed by atoms with Crippen molar-refractivity contribution in [3.8, 4) is 0 Å². The van der Waals surface area contributed by atoms with E-state index in [1.165, 1.54) is 0 Å². The molecule has 1 spiro atoms. The van der Waals surface area contributed by atoms with Crippen molar-refractivity contribution >= 4 is 5.97 Å². The summed E-state index contributed by atoms with van der Waals surface area (Å²) in [4.78, 5) is 12.2. The quantitative estimate of drug-likeness (QED) is 0.453. The first kappa shape index (κ1) is 24.3. The molecule has 0 aromatic carbocycles. The van der Waals surface area contributed by atoms with E-state index in [9.17, 15) is 20.1 Å². The lowest BCUT2D eigenvalue weighted by Gasteiger charge is -2.51. The first-order chi connectivity index (χ1) is 13.2. The largest absolute Gasteiger partial charge is 0.460 e. The Bertz CT molecular complexity index is 594. The van der Waals surface area contributed by atoms with Crippen molar-refractivity contribution in [2.75, 3.05) is 6.61 Å². The Hall–Kier alpha value is -0.990. The number of esters is 1. The zero-order valence-electron chi connectivity index (χ0n) is 18.4. The molecule has 7 nitrogen and oxygen atoms in total. The molecule has 29 heavy (non-hydrogen) atoms. The van der Waals surface area contributed by atoms with Gasteiger partial charge in [0, 0.05) is 32.3 Å². The van der Waals surface area contributed by atoms with Crippen molar-refractivity contribution in [2.24, 2.45) is 5.92 Å². The van der Waals surface area contributed by atoms with Gasteiger partial charge in [-0.3, -0.25) is 4.79 Å². The van der Waals surface area contributed by atoms with Crippen molar-refractivity contribution in [3.05, 3.63) is 12.2 Å². The summed E-state index contributed by atoms with van der Waals surface area (Å²) in [6.45, 7) is 13.1. The number of hydrogen-bond acceptors (Lipinski definition) is 7. The molecule has 6 atom stereocenters. The lowest BCUT2D eigenvalue weighted by molar-refractivity contribution is -0.349. The molecule has 0 bridgehead atoms. The van der Waals surface area contributed by atoms with Crippen LogP contribution in [0.2, 0.25) is 0 Å². The maximum atomic E-state index is 12.2. The van der Waals surface area contributed by atoms with Crippen LogP contribution in [-0.2, 0) is 19.0 Å². The van der Waals surface area contributed by atoms with Gasteiger partial charge in [0.15, 0.2) is 5.79 Å². The first-order valence-electron chi connectivity index (χ1n) is 10.5. The SMILES string of the molecule is C=C(C[C@H]1C[C@](C)(O)C[C@@]2(C[C@@H](O)C[C@H](CC(=O)OC(C)(C)C)O2)O1)[C@@H](C)CO. The summed E-state index contributed by atoms with van der Waals surface area (Å²) < 4.78 is 17.8. The van der Waals surface area contributed by atoms with Crippen LogP contribution in [0.1, 0.15) is 73.1 Å². The molecule has 0 radical (unpaired) electrons. The molecule has 2 aliphatic heterocycles. The Kier molecular flexibility index (Phi) is 7.55. The van der Waals surface area contributed by atoms with E-state index in [1.807, 2.05) is 6.92 Å². The monoisotopic (exact) mass is 414 g/mol. The Morgan fingerprint density at radius 2 is 1.86 bits per heavy atom. The average molecular weight is 415 g/mol. The second-order valence-electron chi connectivity index (χ2n) is 10.1. The number of ether oxygens (including phenoxy) is 3. The normalized spacial score (nSPS) is 36.6. The highest BCUT2D eigenvalue weighted by atomic mass is 16.7. The molecular weight excluding hydrogens is 376 g/mol. The number of carbonyl (C=O) groups excluding carboxylic acids is 1. The minimum atomic E-state index is -1.17. The van der Waals surface area contributed by atoms with Gasteiger partial charge >= 0.3 is 5.97 Å². The van der Waals surface area contributed by atoms with Gasteiger partial charge in [0.1, 0.15) is 5.60 Å². The van der Waals surface area contributed by atoms with Crippen LogP contribution >= 0.6 is 0 Å². The summed E-state index contributed by atoms with van der Waals surface area (Å²) in [7, 11) is 0. The maximum Gasteiger partial charge on any atom is 0.308 e. The molecule has 168 valence electrons. The summed E-state index contributed by atoms with van der Waals surface area (Å²) in [5, 5.41) is 30.7. The lowest BCUT2D eigenvalue weighted by atomic mass is 9.80. The number of aliphatic hydroxyl groups excluding tert-OH is 2. The van der Waals surface area contributed by atoms with Crippen LogP contribution in [-0.4, -0.2) is 63.2 Å². The third-order valence-electron chi connectivity index (χ3n) is 5.44. The molecule has 2 saturated heterocycles. The van der Waals surface area contributed by atoms with Crippen LogP contribution in [0.3, 0.4) is 0 Å². The molecule has 3 N–H and O–H groups in total. The Morgan fingerprint density at radius 1 is 1.24 bits per heavy atom. The number of aliphatic hydroxyl groups is 3. The number of hydrogen-bond donors (Lipinski definition) is 3. The van der Waals surface area contributed by atoms with E-state index in [1.54, 1.807) is 27.7 Å². The van der Waals surface area contributed by atoms with E-state index in [4.69, 9.17) is 14.2 Å². The highest BCUT2D eigenvalue weighted by Gasteiger charge is 2.52. The molecule has 0 aromatic heterocycles. The van der Waals surface area contributed by atoms with Gasteiger partial charge in [-0.15, -0.1) is 0 Å². The molecule has 2 heterocycles. The molecule has 2 aliphatic rings. The molecule has 2 rings (SSSR count). The highest BCUT2D eigenvalue weighted by molar-refractivity contribution is 5.70. The minimum absolute atomic E-state index is 0.000263. The second kappa shape index (κ2) is 9.02. The highest BCUT2D eigenvalue weighted by Crippen LogP contribution is 2.45. The first-order valence-corrected chi connectivity index (χ1v) is 10.5. The van der Waals surface area contributed by atoms with Crippen molar-refractivity contribution < 1.29 is 34.3 Å².